The van der Waals surface area contributed by atoms with E-state index < -0.39 is 0 Å². The van der Waals surface area contributed by atoms with Gasteiger partial charge in [-0.15, -0.1) is 0 Å². The maximum Gasteiger partial charge on any atom is 0.171 e. The maximum atomic E-state index is 10.4. The van der Waals surface area contributed by atoms with Crippen LogP contribution in [-0.2, 0) is 13.0 Å². The average molecular weight is 215 g/mol. The molecule has 0 amide bonds. The van der Waals surface area contributed by atoms with E-state index >= 15 is 0 Å². The van der Waals surface area contributed by atoms with Crippen molar-refractivity contribution in [3.8, 4) is 0 Å². The smallest absolute Gasteiger partial charge is 0.171 e. The first-order chi connectivity index (χ1) is 5.33. The van der Waals surface area contributed by atoms with Gasteiger partial charge in [0.1, 0.15) is 16.1 Å². The third-order valence-electron chi connectivity index (χ3n) is 1.90. The van der Waals surface area contributed by atoms with Crippen molar-refractivity contribution in [2.45, 2.75) is 19.4 Å². The summed E-state index contributed by atoms with van der Waals surface area (Å²) in [5.41, 5.74) is 0.528. The third-order valence-corrected chi connectivity index (χ3v) is 2.74. The lowest BCUT2D eigenvalue weighted by Crippen LogP contribution is -1.91. The number of fused-ring (bicyclic) bond motifs is 1. The summed E-state index contributed by atoms with van der Waals surface area (Å²) in [5.74, 6) is 1.03. The van der Waals surface area contributed by atoms with Crippen LogP contribution in [0.5, 0.6) is 0 Å². The number of rotatable bonds is 1. The molecule has 0 unspecified atom stereocenters. The lowest BCUT2D eigenvalue weighted by molar-refractivity contribution is 0.111. The van der Waals surface area contributed by atoms with E-state index in [9.17, 15) is 4.79 Å². The molecule has 0 N–H and O–H groups in total. The predicted octanol–water partition coefficient (Wildman–Crippen LogP) is 1.40. The summed E-state index contributed by atoms with van der Waals surface area (Å²) >= 11 is 3.33. The second kappa shape index (κ2) is 2.44. The zero-order valence-corrected chi connectivity index (χ0v) is 7.47. The van der Waals surface area contributed by atoms with Crippen LogP contribution in [0.4, 0.5) is 0 Å². The molecule has 0 radical (unpaired) electrons. The van der Waals surface area contributed by atoms with Crippen molar-refractivity contribution in [3.63, 3.8) is 0 Å². The van der Waals surface area contributed by atoms with Crippen molar-refractivity contribution in [1.82, 2.24) is 9.55 Å². The standard InChI is InChI=1S/C7H7BrN2O/c8-7-5(4-11)9-6-2-1-3-10(6)7/h4H,1-3H2. The highest BCUT2D eigenvalue weighted by Gasteiger charge is 2.18. The highest BCUT2D eigenvalue weighted by molar-refractivity contribution is 9.10. The van der Waals surface area contributed by atoms with Gasteiger partial charge in [0.25, 0.3) is 0 Å². The number of halogens is 1. The van der Waals surface area contributed by atoms with Crippen LogP contribution in [0, 0.1) is 0 Å². The fourth-order valence-corrected chi connectivity index (χ4v) is 1.95. The van der Waals surface area contributed by atoms with E-state index in [2.05, 4.69) is 20.9 Å². The first-order valence-electron chi connectivity index (χ1n) is 3.53. The van der Waals surface area contributed by atoms with E-state index in [1.165, 1.54) is 0 Å². The van der Waals surface area contributed by atoms with E-state index in [4.69, 9.17) is 0 Å². The van der Waals surface area contributed by atoms with E-state index in [1.54, 1.807) is 0 Å². The molecule has 58 valence electrons. The number of nitrogens with zero attached hydrogens (tertiary/aromatic N) is 2. The van der Waals surface area contributed by atoms with Gasteiger partial charge in [0, 0.05) is 13.0 Å². The molecule has 1 aliphatic heterocycles. The number of imidazole rings is 1. The Morgan fingerprint density at radius 3 is 3.09 bits per heavy atom. The lowest BCUT2D eigenvalue weighted by Gasteiger charge is -1.94. The lowest BCUT2D eigenvalue weighted by atomic mass is 10.3. The van der Waals surface area contributed by atoms with Gasteiger partial charge < -0.3 is 4.57 Å². The molecular formula is C7H7BrN2O. The number of hydrogen-bond acceptors (Lipinski definition) is 2. The summed E-state index contributed by atoms with van der Waals surface area (Å²) in [6.07, 6.45) is 2.92. The molecular weight excluding hydrogens is 208 g/mol. The summed E-state index contributed by atoms with van der Waals surface area (Å²) in [4.78, 5) is 14.6. The van der Waals surface area contributed by atoms with Gasteiger partial charge in [-0.3, -0.25) is 4.79 Å². The number of aldehydes is 1. The maximum absolute atomic E-state index is 10.4. The van der Waals surface area contributed by atoms with Crippen molar-refractivity contribution in [2.75, 3.05) is 0 Å². The molecule has 2 rings (SSSR count). The fraction of sp³-hybridized carbons (Fsp3) is 0.429. The second-order valence-electron chi connectivity index (χ2n) is 2.58. The normalized spacial score (nSPS) is 15.0. The van der Waals surface area contributed by atoms with E-state index in [0.29, 0.717) is 5.69 Å². The summed E-state index contributed by atoms with van der Waals surface area (Å²) in [5, 5.41) is 0. The van der Waals surface area contributed by atoms with Crippen LogP contribution in [0.15, 0.2) is 4.60 Å². The zero-order chi connectivity index (χ0) is 7.84. The number of hydrogen-bond donors (Lipinski definition) is 0. The topological polar surface area (TPSA) is 34.9 Å². The molecule has 0 spiro atoms. The Morgan fingerprint density at radius 2 is 2.45 bits per heavy atom. The van der Waals surface area contributed by atoms with Crippen LogP contribution in [0.1, 0.15) is 22.7 Å². The number of carbonyl (C=O) groups is 1. The molecule has 0 atom stereocenters. The van der Waals surface area contributed by atoms with Crippen molar-refractivity contribution in [2.24, 2.45) is 0 Å². The highest BCUT2D eigenvalue weighted by Crippen LogP contribution is 2.23. The SMILES string of the molecule is O=Cc1nc2n(c1Br)CCC2. The zero-order valence-electron chi connectivity index (χ0n) is 5.88. The van der Waals surface area contributed by atoms with Crippen LogP contribution in [0.3, 0.4) is 0 Å². The molecule has 2 heterocycles. The van der Waals surface area contributed by atoms with Crippen LogP contribution >= 0.6 is 15.9 Å². The minimum absolute atomic E-state index is 0.528. The molecule has 1 aliphatic rings. The summed E-state index contributed by atoms with van der Waals surface area (Å²) in [6.45, 7) is 0.983. The number of carbonyl (C=O) groups excluding carboxylic acids is 1. The van der Waals surface area contributed by atoms with Gasteiger partial charge in [0.05, 0.1) is 0 Å². The first-order valence-corrected chi connectivity index (χ1v) is 4.32. The Hall–Kier alpha value is -0.640. The highest BCUT2D eigenvalue weighted by atomic mass is 79.9. The van der Waals surface area contributed by atoms with E-state index in [1.807, 2.05) is 4.57 Å². The second-order valence-corrected chi connectivity index (χ2v) is 3.33. The molecule has 0 saturated heterocycles. The van der Waals surface area contributed by atoms with Crippen molar-refractivity contribution >= 4 is 22.2 Å². The van der Waals surface area contributed by atoms with Gasteiger partial charge in [0.15, 0.2) is 6.29 Å². The van der Waals surface area contributed by atoms with Gasteiger partial charge in [0.2, 0.25) is 0 Å². The fourth-order valence-electron chi connectivity index (χ4n) is 1.39. The minimum Gasteiger partial charge on any atom is -0.322 e. The molecule has 1 aromatic rings. The first kappa shape index (κ1) is 7.03. The molecule has 0 aliphatic carbocycles. The Kier molecular flexibility index (Phi) is 1.56. The Balaban J connectivity index is 2.57. The Bertz CT molecular complexity index is 306. The van der Waals surface area contributed by atoms with Crippen molar-refractivity contribution < 1.29 is 4.79 Å². The van der Waals surface area contributed by atoms with Gasteiger partial charge in [-0.2, -0.15) is 0 Å². The predicted molar refractivity (Wildman–Crippen MR) is 43.6 cm³/mol. The van der Waals surface area contributed by atoms with Gasteiger partial charge >= 0.3 is 0 Å². The molecule has 0 fully saturated rings. The summed E-state index contributed by atoms with van der Waals surface area (Å²) < 4.78 is 2.88. The Morgan fingerprint density at radius 1 is 1.64 bits per heavy atom. The average Bonchev–Trinajstić information content (AvgIpc) is 2.53. The molecule has 0 saturated carbocycles. The summed E-state index contributed by atoms with van der Waals surface area (Å²) in [6, 6.07) is 0. The molecule has 0 aromatic carbocycles. The largest absolute Gasteiger partial charge is 0.322 e. The van der Waals surface area contributed by atoms with E-state index in [-0.39, 0.29) is 0 Å². The minimum atomic E-state index is 0.528. The third kappa shape index (κ3) is 0.929. The van der Waals surface area contributed by atoms with Crippen LogP contribution < -0.4 is 0 Å². The van der Waals surface area contributed by atoms with Crippen LogP contribution in [0.25, 0.3) is 0 Å². The van der Waals surface area contributed by atoms with Gasteiger partial charge in [-0.25, -0.2) is 4.98 Å². The molecule has 11 heavy (non-hydrogen) atoms. The molecule has 3 nitrogen and oxygen atoms in total. The Labute approximate surface area is 72.6 Å². The van der Waals surface area contributed by atoms with Crippen molar-refractivity contribution in [1.29, 1.82) is 0 Å². The number of aryl methyl sites for hydroxylation is 1. The molecule has 0 bridgehead atoms. The quantitative estimate of drug-likeness (QED) is 0.663. The van der Waals surface area contributed by atoms with Gasteiger partial charge in [-0.1, -0.05) is 0 Å². The molecule has 1 aromatic heterocycles. The van der Waals surface area contributed by atoms with Crippen LogP contribution in [-0.4, -0.2) is 15.8 Å². The van der Waals surface area contributed by atoms with Gasteiger partial charge in [-0.05, 0) is 22.4 Å². The van der Waals surface area contributed by atoms with Crippen molar-refractivity contribution in [3.05, 3.63) is 16.1 Å². The summed E-state index contributed by atoms with van der Waals surface area (Å²) in [7, 11) is 0. The van der Waals surface area contributed by atoms with Crippen LogP contribution in [0.2, 0.25) is 0 Å². The molecule has 4 heteroatoms. The monoisotopic (exact) mass is 214 g/mol. The number of aromatic nitrogens is 2. The van der Waals surface area contributed by atoms with E-state index in [0.717, 1.165) is 36.1 Å².